The number of nitrogen functional groups attached to an aromatic ring is 1. The monoisotopic (exact) mass is 267 g/mol. The minimum absolute atomic E-state index is 0.258. The number of likely N-dealkylation sites (tertiary alicyclic amines) is 1. The van der Waals surface area contributed by atoms with Gasteiger partial charge in [-0.3, -0.25) is 14.4 Å². The van der Waals surface area contributed by atoms with E-state index in [1.807, 2.05) is 4.90 Å². The lowest BCUT2D eigenvalue weighted by molar-refractivity contribution is -0.125. The number of aromatic nitrogens is 2. The molecule has 7 heteroatoms. The minimum Gasteiger partial charge on any atom is -0.396 e. The Balaban J connectivity index is 1.89. The van der Waals surface area contributed by atoms with Crippen LogP contribution in [0.4, 0.5) is 5.69 Å². The standard InChI is InChI=1S/C12H21N5O2/c13-9-5-15-17(6-9)8-10(18)7-16-4-2-1-3-11(16)12(14)19/h5-6,10-11,18H,1-4,7-8,13H2,(H2,14,19). The quantitative estimate of drug-likeness (QED) is 0.644. The number of carbonyl (C=O) groups excluding carboxylic acids is 1. The number of amides is 1. The van der Waals surface area contributed by atoms with E-state index in [9.17, 15) is 9.90 Å². The first-order chi connectivity index (χ1) is 9.06. The molecule has 1 aliphatic rings. The third-order valence-electron chi connectivity index (χ3n) is 3.44. The Kier molecular flexibility index (Phi) is 4.39. The van der Waals surface area contributed by atoms with Crippen molar-refractivity contribution in [3.63, 3.8) is 0 Å². The van der Waals surface area contributed by atoms with Crippen LogP contribution in [0.3, 0.4) is 0 Å². The van der Waals surface area contributed by atoms with Crippen molar-refractivity contribution in [2.45, 2.75) is 38.0 Å². The van der Waals surface area contributed by atoms with Crippen LogP contribution in [0.2, 0.25) is 0 Å². The third-order valence-corrected chi connectivity index (χ3v) is 3.44. The van der Waals surface area contributed by atoms with Gasteiger partial charge < -0.3 is 16.6 Å². The van der Waals surface area contributed by atoms with Gasteiger partial charge in [0.1, 0.15) is 0 Å². The molecule has 1 aromatic heterocycles. The molecule has 5 N–H and O–H groups in total. The number of anilines is 1. The van der Waals surface area contributed by atoms with E-state index < -0.39 is 6.10 Å². The van der Waals surface area contributed by atoms with Crippen LogP contribution in [-0.4, -0.2) is 50.9 Å². The van der Waals surface area contributed by atoms with Crippen molar-refractivity contribution in [2.75, 3.05) is 18.8 Å². The normalized spacial score (nSPS) is 22.3. The van der Waals surface area contributed by atoms with E-state index in [-0.39, 0.29) is 11.9 Å². The van der Waals surface area contributed by atoms with Crippen molar-refractivity contribution in [1.82, 2.24) is 14.7 Å². The summed E-state index contributed by atoms with van der Waals surface area (Å²) < 4.78 is 1.60. The molecule has 1 aliphatic heterocycles. The molecule has 1 amide bonds. The van der Waals surface area contributed by atoms with Crippen molar-refractivity contribution in [3.05, 3.63) is 12.4 Å². The average molecular weight is 267 g/mol. The van der Waals surface area contributed by atoms with Crippen molar-refractivity contribution < 1.29 is 9.90 Å². The number of β-amino-alcohol motifs (C(OH)–C–C–N with tert-alkyl or cyclic N) is 1. The summed E-state index contributed by atoms with van der Waals surface area (Å²) in [6, 6.07) is -0.258. The largest absolute Gasteiger partial charge is 0.396 e. The number of piperidine rings is 1. The molecule has 2 unspecified atom stereocenters. The molecular formula is C12H21N5O2. The molecule has 0 aromatic carbocycles. The maximum atomic E-state index is 11.4. The van der Waals surface area contributed by atoms with Gasteiger partial charge in [0.15, 0.2) is 0 Å². The average Bonchev–Trinajstić information content (AvgIpc) is 2.75. The molecule has 0 radical (unpaired) electrons. The van der Waals surface area contributed by atoms with E-state index >= 15 is 0 Å². The zero-order valence-electron chi connectivity index (χ0n) is 10.9. The Labute approximate surface area is 112 Å². The Bertz CT molecular complexity index is 434. The zero-order chi connectivity index (χ0) is 13.8. The first-order valence-corrected chi connectivity index (χ1v) is 6.55. The van der Waals surface area contributed by atoms with Gasteiger partial charge in [0.2, 0.25) is 5.91 Å². The van der Waals surface area contributed by atoms with Crippen LogP contribution in [0.1, 0.15) is 19.3 Å². The number of rotatable bonds is 5. The molecule has 0 spiro atoms. The summed E-state index contributed by atoms with van der Waals surface area (Å²) in [4.78, 5) is 13.3. The summed E-state index contributed by atoms with van der Waals surface area (Å²) >= 11 is 0. The van der Waals surface area contributed by atoms with E-state index in [0.717, 1.165) is 25.8 Å². The summed E-state index contributed by atoms with van der Waals surface area (Å²) in [5.41, 5.74) is 11.5. The molecule has 1 aromatic rings. The molecule has 0 aliphatic carbocycles. The van der Waals surface area contributed by atoms with Gasteiger partial charge in [0.25, 0.3) is 0 Å². The van der Waals surface area contributed by atoms with E-state index in [1.165, 1.54) is 0 Å². The molecule has 19 heavy (non-hydrogen) atoms. The Morgan fingerprint density at radius 3 is 2.95 bits per heavy atom. The van der Waals surface area contributed by atoms with Crippen LogP contribution in [0, 0.1) is 0 Å². The summed E-state index contributed by atoms with van der Waals surface area (Å²) in [7, 11) is 0. The number of carbonyl (C=O) groups is 1. The zero-order valence-corrected chi connectivity index (χ0v) is 10.9. The van der Waals surface area contributed by atoms with Crippen LogP contribution < -0.4 is 11.5 Å². The van der Waals surface area contributed by atoms with Crippen LogP contribution in [0.15, 0.2) is 12.4 Å². The highest BCUT2D eigenvalue weighted by atomic mass is 16.3. The molecule has 1 saturated heterocycles. The molecule has 2 rings (SSSR count). The van der Waals surface area contributed by atoms with Gasteiger partial charge in [0.05, 0.1) is 30.6 Å². The second-order valence-electron chi connectivity index (χ2n) is 5.06. The van der Waals surface area contributed by atoms with Gasteiger partial charge in [0, 0.05) is 12.7 Å². The molecule has 2 atom stereocenters. The molecule has 0 bridgehead atoms. The lowest BCUT2D eigenvalue weighted by Crippen LogP contribution is -2.50. The number of hydrogen-bond acceptors (Lipinski definition) is 5. The van der Waals surface area contributed by atoms with Crippen molar-refractivity contribution in [2.24, 2.45) is 5.73 Å². The first-order valence-electron chi connectivity index (χ1n) is 6.55. The highest BCUT2D eigenvalue weighted by molar-refractivity contribution is 5.79. The molecule has 0 saturated carbocycles. The van der Waals surface area contributed by atoms with E-state index in [1.54, 1.807) is 17.1 Å². The smallest absolute Gasteiger partial charge is 0.234 e. The van der Waals surface area contributed by atoms with E-state index in [4.69, 9.17) is 11.5 Å². The molecule has 2 heterocycles. The lowest BCUT2D eigenvalue weighted by atomic mass is 10.0. The van der Waals surface area contributed by atoms with Gasteiger partial charge in [-0.2, -0.15) is 5.10 Å². The van der Waals surface area contributed by atoms with Crippen molar-refractivity contribution in [1.29, 1.82) is 0 Å². The third kappa shape index (κ3) is 3.68. The first kappa shape index (κ1) is 13.8. The maximum absolute atomic E-state index is 11.4. The number of nitrogens with zero attached hydrogens (tertiary/aromatic N) is 3. The van der Waals surface area contributed by atoms with E-state index in [0.29, 0.717) is 18.8 Å². The number of hydrogen-bond donors (Lipinski definition) is 3. The highest BCUT2D eigenvalue weighted by Gasteiger charge is 2.28. The Hall–Kier alpha value is -1.60. The topological polar surface area (TPSA) is 110 Å². The van der Waals surface area contributed by atoms with Gasteiger partial charge >= 0.3 is 0 Å². The van der Waals surface area contributed by atoms with Crippen LogP contribution in [0.5, 0.6) is 0 Å². The fourth-order valence-electron chi connectivity index (χ4n) is 2.56. The minimum atomic E-state index is -0.598. The van der Waals surface area contributed by atoms with Crippen LogP contribution in [0.25, 0.3) is 0 Å². The number of aliphatic hydroxyl groups excluding tert-OH is 1. The maximum Gasteiger partial charge on any atom is 0.234 e. The SMILES string of the molecule is NC(=O)C1CCCCN1CC(O)Cn1cc(N)cn1. The summed E-state index contributed by atoms with van der Waals surface area (Å²) in [5, 5.41) is 14.1. The van der Waals surface area contributed by atoms with Gasteiger partial charge in [-0.1, -0.05) is 6.42 Å². The van der Waals surface area contributed by atoms with E-state index in [2.05, 4.69) is 5.10 Å². The summed E-state index contributed by atoms with van der Waals surface area (Å²) in [6.45, 7) is 1.58. The van der Waals surface area contributed by atoms with Crippen molar-refractivity contribution >= 4 is 11.6 Å². The van der Waals surface area contributed by atoms with Gasteiger partial charge in [-0.25, -0.2) is 0 Å². The van der Waals surface area contributed by atoms with Crippen LogP contribution in [-0.2, 0) is 11.3 Å². The lowest BCUT2D eigenvalue weighted by Gasteiger charge is -2.34. The molecule has 1 fully saturated rings. The fraction of sp³-hybridized carbons (Fsp3) is 0.667. The number of nitrogens with two attached hydrogens (primary N) is 2. The number of primary amides is 1. The van der Waals surface area contributed by atoms with Crippen molar-refractivity contribution in [3.8, 4) is 0 Å². The summed E-state index contributed by atoms with van der Waals surface area (Å²) in [6.07, 6.45) is 5.43. The predicted octanol–water partition coefficient (Wildman–Crippen LogP) is -0.834. The highest BCUT2D eigenvalue weighted by Crippen LogP contribution is 2.17. The number of aliphatic hydroxyl groups is 1. The molecule has 106 valence electrons. The van der Waals surface area contributed by atoms with Crippen LogP contribution >= 0.6 is 0 Å². The fourth-order valence-corrected chi connectivity index (χ4v) is 2.56. The van der Waals surface area contributed by atoms with Gasteiger partial charge in [-0.05, 0) is 19.4 Å². The second-order valence-corrected chi connectivity index (χ2v) is 5.06. The molecule has 7 nitrogen and oxygen atoms in total. The second kappa shape index (κ2) is 6.03. The summed E-state index contributed by atoms with van der Waals surface area (Å²) in [5.74, 6) is -0.310. The van der Waals surface area contributed by atoms with Gasteiger partial charge in [-0.15, -0.1) is 0 Å². The predicted molar refractivity (Wildman–Crippen MR) is 71.1 cm³/mol. The Morgan fingerprint density at radius 2 is 2.32 bits per heavy atom. The Morgan fingerprint density at radius 1 is 1.53 bits per heavy atom. The molecular weight excluding hydrogens is 246 g/mol.